The van der Waals surface area contributed by atoms with Crippen LogP contribution in [0.25, 0.3) is 0 Å². The molecule has 200 valence electrons. The molecule has 0 heterocycles. The Bertz CT molecular complexity index is 876. The lowest BCUT2D eigenvalue weighted by Gasteiger charge is -2.21. The Morgan fingerprint density at radius 3 is 2.58 bits per heavy atom. The van der Waals surface area contributed by atoms with E-state index in [1.165, 1.54) is 6.92 Å². The number of esters is 1. The van der Waals surface area contributed by atoms with Crippen LogP contribution in [-0.4, -0.2) is 39.6 Å². The number of nitrogens with one attached hydrogen (secondary N) is 1. The molecule has 7 nitrogen and oxygen atoms in total. The van der Waals surface area contributed by atoms with Crippen molar-refractivity contribution in [3.63, 3.8) is 0 Å². The van der Waals surface area contributed by atoms with Gasteiger partial charge in [-0.1, -0.05) is 51.2 Å². The van der Waals surface area contributed by atoms with Crippen molar-refractivity contribution in [3.05, 3.63) is 36.4 Å². The molecule has 0 radical (unpaired) electrons. The number of unbranched alkanes of at least 4 members (excludes halogenated alkanes) is 3. The fourth-order valence-corrected chi connectivity index (χ4v) is 4.69. The summed E-state index contributed by atoms with van der Waals surface area (Å²) >= 11 is 0. The first-order chi connectivity index (χ1) is 17.1. The van der Waals surface area contributed by atoms with E-state index < -0.39 is 17.7 Å². The standard InChI is InChI=1S/C29H43NO6/c1-4-5-19-29(3,35)20-9-10-22-13-18-26(32)25(22)11-7-6-8-12-27(33)28(34)36-24-16-14-23(15-17-24)30-21(2)31/h9-10,14-17,22,25,27,33,35H,4-8,11-13,18-20H2,1-3H3,(H,30,31)/t22-,25+,27?,29?/m0/s1. The van der Waals surface area contributed by atoms with Crippen LogP contribution >= 0.6 is 0 Å². The van der Waals surface area contributed by atoms with Gasteiger partial charge < -0.3 is 20.3 Å². The van der Waals surface area contributed by atoms with Crippen LogP contribution in [0, 0.1) is 11.8 Å². The number of rotatable bonds is 15. The zero-order valence-corrected chi connectivity index (χ0v) is 22.0. The Labute approximate surface area is 215 Å². The molecule has 1 aliphatic carbocycles. The second-order valence-corrected chi connectivity index (χ2v) is 10.3. The Hall–Kier alpha value is -2.51. The molecule has 3 N–H and O–H groups in total. The maximum Gasteiger partial charge on any atom is 0.340 e. The van der Waals surface area contributed by atoms with Crippen LogP contribution in [0.4, 0.5) is 5.69 Å². The lowest BCUT2D eigenvalue weighted by Crippen LogP contribution is -2.25. The number of benzene rings is 1. The van der Waals surface area contributed by atoms with Gasteiger partial charge in [0.15, 0.2) is 6.10 Å². The van der Waals surface area contributed by atoms with Crippen LogP contribution in [0.1, 0.15) is 91.4 Å². The molecule has 0 spiro atoms. The van der Waals surface area contributed by atoms with E-state index in [1.807, 2.05) is 13.0 Å². The van der Waals surface area contributed by atoms with Gasteiger partial charge in [-0.05, 0) is 69.2 Å². The van der Waals surface area contributed by atoms with Crippen molar-refractivity contribution in [3.8, 4) is 5.75 Å². The van der Waals surface area contributed by atoms with Gasteiger partial charge in [0.2, 0.25) is 5.91 Å². The van der Waals surface area contributed by atoms with Gasteiger partial charge in [0.05, 0.1) is 5.60 Å². The van der Waals surface area contributed by atoms with Gasteiger partial charge in [-0.2, -0.15) is 0 Å². The summed E-state index contributed by atoms with van der Waals surface area (Å²) in [4.78, 5) is 35.6. The summed E-state index contributed by atoms with van der Waals surface area (Å²) in [6, 6.07) is 6.37. The Morgan fingerprint density at radius 2 is 1.92 bits per heavy atom. The summed E-state index contributed by atoms with van der Waals surface area (Å²) in [5.74, 6) is -0.0107. The Morgan fingerprint density at radius 1 is 1.19 bits per heavy atom. The lowest BCUT2D eigenvalue weighted by molar-refractivity contribution is -0.144. The summed E-state index contributed by atoms with van der Waals surface area (Å²) in [6.07, 6.45) is 11.4. The highest BCUT2D eigenvalue weighted by Crippen LogP contribution is 2.34. The van der Waals surface area contributed by atoms with E-state index in [4.69, 9.17) is 4.74 Å². The highest BCUT2D eigenvalue weighted by Gasteiger charge is 2.32. The topological polar surface area (TPSA) is 113 Å². The van der Waals surface area contributed by atoms with Crippen LogP contribution in [0.5, 0.6) is 5.75 Å². The first kappa shape index (κ1) is 29.7. The number of amides is 1. The number of aliphatic hydroxyl groups is 2. The number of ether oxygens (including phenoxy) is 1. The molecule has 4 atom stereocenters. The number of carbonyl (C=O) groups is 3. The molecule has 1 amide bonds. The zero-order valence-electron chi connectivity index (χ0n) is 22.0. The maximum atomic E-state index is 12.4. The number of carbonyl (C=O) groups excluding carboxylic acids is 3. The monoisotopic (exact) mass is 501 g/mol. The fraction of sp³-hybridized carbons (Fsp3) is 0.621. The molecule has 1 saturated carbocycles. The van der Waals surface area contributed by atoms with Crippen molar-refractivity contribution >= 4 is 23.3 Å². The average molecular weight is 502 g/mol. The summed E-state index contributed by atoms with van der Waals surface area (Å²) in [5, 5.41) is 23.2. The van der Waals surface area contributed by atoms with Crippen molar-refractivity contribution in [1.29, 1.82) is 0 Å². The molecule has 36 heavy (non-hydrogen) atoms. The molecular weight excluding hydrogens is 458 g/mol. The van der Waals surface area contributed by atoms with E-state index in [0.717, 1.165) is 44.9 Å². The Balaban J connectivity index is 1.68. The molecule has 0 aliphatic heterocycles. The molecule has 0 aromatic heterocycles. The number of Topliss-reactive ketones (excluding diaryl/α,β-unsaturated/α-hetero) is 1. The lowest BCUT2D eigenvalue weighted by atomic mass is 9.88. The fourth-order valence-electron chi connectivity index (χ4n) is 4.69. The van der Waals surface area contributed by atoms with Crippen LogP contribution in [-0.2, 0) is 14.4 Å². The highest BCUT2D eigenvalue weighted by atomic mass is 16.5. The van der Waals surface area contributed by atoms with Gasteiger partial charge in [0.25, 0.3) is 0 Å². The van der Waals surface area contributed by atoms with E-state index in [2.05, 4.69) is 18.3 Å². The molecule has 7 heteroatoms. The molecule has 1 aliphatic rings. The van der Waals surface area contributed by atoms with Crippen molar-refractivity contribution in [2.24, 2.45) is 11.8 Å². The first-order valence-corrected chi connectivity index (χ1v) is 13.3. The summed E-state index contributed by atoms with van der Waals surface area (Å²) in [6.45, 7) is 5.40. The van der Waals surface area contributed by atoms with Gasteiger partial charge in [-0.15, -0.1) is 0 Å². The van der Waals surface area contributed by atoms with E-state index in [0.29, 0.717) is 42.9 Å². The molecule has 2 rings (SSSR count). The third kappa shape index (κ3) is 10.6. The van der Waals surface area contributed by atoms with Crippen molar-refractivity contribution in [1.82, 2.24) is 0 Å². The Kier molecular flexibility index (Phi) is 12.3. The second kappa shape index (κ2) is 14.9. The van der Waals surface area contributed by atoms with Crippen LogP contribution in [0.2, 0.25) is 0 Å². The van der Waals surface area contributed by atoms with E-state index >= 15 is 0 Å². The molecule has 2 unspecified atom stereocenters. The van der Waals surface area contributed by atoms with Crippen molar-refractivity contribution in [2.75, 3.05) is 5.32 Å². The quantitative estimate of drug-likeness (QED) is 0.129. The van der Waals surface area contributed by atoms with E-state index in [9.17, 15) is 24.6 Å². The van der Waals surface area contributed by atoms with Crippen molar-refractivity contribution < 1.29 is 29.3 Å². The number of anilines is 1. The SMILES string of the molecule is CCCCC(C)(O)CC=C[C@H]1CCC(=O)[C@@H]1CCCCCC(O)C(=O)Oc1ccc(NC(C)=O)cc1. The van der Waals surface area contributed by atoms with Crippen LogP contribution in [0.3, 0.4) is 0 Å². The minimum Gasteiger partial charge on any atom is -0.425 e. The summed E-state index contributed by atoms with van der Waals surface area (Å²) in [7, 11) is 0. The zero-order chi connectivity index (χ0) is 26.6. The highest BCUT2D eigenvalue weighted by molar-refractivity contribution is 5.88. The third-order valence-electron chi connectivity index (χ3n) is 6.82. The van der Waals surface area contributed by atoms with E-state index in [-0.39, 0.29) is 17.7 Å². The minimum absolute atomic E-state index is 0.0252. The summed E-state index contributed by atoms with van der Waals surface area (Å²) in [5.41, 5.74) is -0.0943. The van der Waals surface area contributed by atoms with Gasteiger partial charge in [0.1, 0.15) is 11.5 Å². The van der Waals surface area contributed by atoms with Gasteiger partial charge >= 0.3 is 5.97 Å². The number of ketones is 1. The molecule has 1 fully saturated rings. The number of hydrogen-bond donors (Lipinski definition) is 3. The third-order valence-corrected chi connectivity index (χ3v) is 6.82. The van der Waals surface area contributed by atoms with Gasteiger partial charge in [-0.3, -0.25) is 9.59 Å². The van der Waals surface area contributed by atoms with E-state index in [1.54, 1.807) is 24.3 Å². The molecular formula is C29H43NO6. The predicted octanol–water partition coefficient (Wildman–Crippen LogP) is 5.34. The molecule has 1 aromatic carbocycles. The smallest absolute Gasteiger partial charge is 0.340 e. The molecule has 0 saturated heterocycles. The minimum atomic E-state index is -1.20. The first-order valence-electron chi connectivity index (χ1n) is 13.3. The number of allylic oxidation sites excluding steroid dienone is 1. The normalized spacial score (nSPS) is 20.3. The largest absolute Gasteiger partial charge is 0.425 e. The predicted molar refractivity (Wildman–Crippen MR) is 141 cm³/mol. The summed E-state index contributed by atoms with van der Waals surface area (Å²) < 4.78 is 5.21. The number of hydrogen-bond acceptors (Lipinski definition) is 6. The van der Waals surface area contributed by atoms with Crippen LogP contribution < -0.4 is 10.1 Å². The molecule has 0 bridgehead atoms. The maximum absolute atomic E-state index is 12.4. The second-order valence-electron chi connectivity index (χ2n) is 10.3. The van der Waals surface area contributed by atoms with Gasteiger partial charge in [0, 0.05) is 24.9 Å². The van der Waals surface area contributed by atoms with Crippen molar-refractivity contribution in [2.45, 2.75) is 103 Å². The van der Waals surface area contributed by atoms with Crippen LogP contribution in [0.15, 0.2) is 36.4 Å². The van der Waals surface area contributed by atoms with Gasteiger partial charge in [-0.25, -0.2) is 4.79 Å². The average Bonchev–Trinajstić information content (AvgIpc) is 3.17. The number of aliphatic hydroxyl groups excluding tert-OH is 1. The molecule has 1 aromatic rings.